The van der Waals surface area contributed by atoms with Crippen molar-refractivity contribution in [1.29, 1.82) is 0 Å². The molecule has 3 N–H and O–H groups in total. The lowest BCUT2D eigenvalue weighted by Gasteiger charge is -2.13. The van der Waals surface area contributed by atoms with Crippen LogP contribution in [0.3, 0.4) is 0 Å². The first-order chi connectivity index (χ1) is 8.74. The van der Waals surface area contributed by atoms with Crippen LogP contribution in [0.15, 0.2) is 12.7 Å². The SMILES string of the molecule is C=CC(CCCCCCC)OCC(=O)NCCN. The van der Waals surface area contributed by atoms with Gasteiger partial charge in [-0.2, -0.15) is 0 Å². The molecule has 1 amide bonds. The standard InChI is InChI=1S/C14H28N2O2/c1-3-5-6-7-8-9-13(4-2)18-12-14(17)16-11-10-15/h4,13H,2-3,5-12,15H2,1H3,(H,16,17). The Bertz CT molecular complexity index is 220. The van der Waals surface area contributed by atoms with Crippen LogP contribution in [-0.2, 0) is 9.53 Å². The van der Waals surface area contributed by atoms with Gasteiger partial charge in [0.2, 0.25) is 5.91 Å². The number of nitrogens with two attached hydrogens (primary N) is 1. The molecule has 0 saturated heterocycles. The number of amides is 1. The lowest BCUT2D eigenvalue weighted by atomic mass is 10.1. The Labute approximate surface area is 111 Å². The molecule has 4 heteroatoms. The fourth-order valence-electron chi connectivity index (χ4n) is 1.66. The number of carbonyl (C=O) groups is 1. The van der Waals surface area contributed by atoms with Crippen molar-refractivity contribution in [2.45, 2.75) is 51.6 Å². The molecule has 0 fully saturated rings. The fourth-order valence-corrected chi connectivity index (χ4v) is 1.66. The van der Waals surface area contributed by atoms with Crippen molar-refractivity contribution in [2.24, 2.45) is 5.73 Å². The maximum atomic E-state index is 11.3. The zero-order valence-corrected chi connectivity index (χ0v) is 11.6. The van der Waals surface area contributed by atoms with E-state index in [0.29, 0.717) is 13.1 Å². The average molecular weight is 256 g/mol. The Morgan fingerprint density at radius 3 is 2.72 bits per heavy atom. The minimum atomic E-state index is -0.113. The molecule has 0 rings (SSSR count). The quantitative estimate of drug-likeness (QED) is 0.414. The van der Waals surface area contributed by atoms with Gasteiger partial charge in [-0.05, 0) is 6.42 Å². The molecule has 106 valence electrons. The van der Waals surface area contributed by atoms with E-state index < -0.39 is 0 Å². The van der Waals surface area contributed by atoms with Gasteiger partial charge in [0.25, 0.3) is 0 Å². The van der Waals surface area contributed by atoms with E-state index in [4.69, 9.17) is 10.5 Å². The third-order valence-electron chi connectivity index (χ3n) is 2.75. The van der Waals surface area contributed by atoms with Crippen molar-refractivity contribution in [3.8, 4) is 0 Å². The van der Waals surface area contributed by atoms with Crippen molar-refractivity contribution in [2.75, 3.05) is 19.7 Å². The third-order valence-corrected chi connectivity index (χ3v) is 2.75. The second-order valence-electron chi connectivity index (χ2n) is 4.43. The predicted octanol–water partition coefficient (Wildman–Crippen LogP) is 1.99. The zero-order chi connectivity index (χ0) is 13.6. The molecular formula is C14H28N2O2. The van der Waals surface area contributed by atoms with Crippen molar-refractivity contribution < 1.29 is 9.53 Å². The third kappa shape index (κ3) is 10.3. The van der Waals surface area contributed by atoms with Gasteiger partial charge in [0, 0.05) is 13.1 Å². The average Bonchev–Trinajstić information content (AvgIpc) is 2.39. The first-order valence-corrected chi connectivity index (χ1v) is 6.95. The molecule has 0 heterocycles. The molecule has 0 aromatic heterocycles. The van der Waals surface area contributed by atoms with Gasteiger partial charge in [-0.25, -0.2) is 0 Å². The normalized spacial score (nSPS) is 12.1. The van der Waals surface area contributed by atoms with Crippen LogP contribution in [-0.4, -0.2) is 31.7 Å². The Morgan fingerprint density at radius 2 is 2.11 bits per heavy atom. The van der Waals surface area contributed by atoms with E-state index in [1.165, 1.54) is 25.7 Å². The molecule has 1 unspecified atom stereocenters. The second-order valence-corrected chi connectivity index (χ2v) is 4.43. The number of ether oxygens (including phenoxy) is 1. The molecule has 1 atom stereocenters. The summed E-state index contributed by atoms with van der Waals surface area (Å²) in [5.74, 6) is -0.113. The van der Waals surface area contributed by atoms with E-state index in [1.54, 1.807) is 6.08 Å². The molecule has 0 bridgehead atoms. The first-order valence-electron chi connectivity index (χ1n) is 6.95. The highest BCUT2D eigenvalue weighted by molar-refractivity contribution is 5.77. The second kappa shape index (κ2) is 12.6. The fraction of sp³-hybridized carbons (Fsp3) is 0.786. The van der Waals surface area contributed by atoms with Crippen LogP contribution in [0, 0.1) is 0 Å². The van der Waals surface area contributed by atoms with E-state index in [1.807, 2.05) is 0 Å². The monoisotopic (exact) mass is 256 g/mol. The summed E-state index contributed by atoms with van der Waals surface area (Å²) in [6.07, 6.45) is 8.87. The minimum absolute atomic E-state index is 0.0183. The molecule has 0 aliphatic heterocycles. The topological polar surface area (TPSA) is 64.3 Å². The van der Waals surface area contributed by atoms with Gasteiger partial charge >= 0.3 is 0 Å². The molecule has 0 aliphatic rings. The number of rotatable bonds is 12. The van der Waals surface area contributed by atoms with Crippen LogP contribution in [0.5, 0.6) is 0 Å². The number of unbranched alkanes of at least 4 members (excludes halogenated alkanes) is 4. The van der Waals surface area contributed by atoms with Crippen molar-refractivity contribution >= 4 is 5.91 Å². The molecule has 4 nitrogen and oxygen atoms in total. The van der Waals surface area contributed by atoms with Gasteiger partial charge in [-0.15, -0.1) is 6.58 Å². The highest BCUT2D eigenvalue weighted by Crippen LogP contribution is 2.10. The van der Waals surface area contributed by atoms with E-state index in [0.717, 1.165) is 12.8 Å². The molecule has 0 aliphatic carbocycles. The summed E-state index contributed by atoms with van der Waals surface area (Å²) >= 11 is 0. The number of hydrogen-bond acceptors (Lipinski definition) is 3. The van der Waals surface area contributed by atoms with Crippen molar-refractivity contribution in [3.63, 3.8) is 0 Å². The van der Waals surface area contributed by atoms with Crippen LogP contribution in [0.1, 0.15) is 45.4 Å². The summed E-state index contributed by atoms with van der Waals surface area (Å²) in [5.41, 5.74) is 5.29. The van der Waals surface area contributed by atoms with Crippen LogP contribution >= 0.6 is 0 Å². The summed E-state index contributed by atoms with van der Waals surface area (Å²) in [7, 11) is 0. The van der Waals surface area contributed by atoms with Crippen LogP contribution in [0.25, 0.3) is 0 Å². The Kier molecular flexibility index (Phi) is 12.0. The lowest BCUT2D eigenvalue weighted by Crippen LogP contribution is -2.33. The summed E-state index contributed by atoms with van der Waals surface area (Å²) in [4.78, 5) is 11.3. The van der Waals surface area contributed by atoms with Crippen LogP contribution < -0.4 is 11.1 Å². The Morgan fingerprint density at radius 1 is 1.39 bits per heavy atom. The first kappa shape index (κ1) is 17.1. The van der Waals surface area contributed by atoms with E-state index in [-0.39, 0.29) is 18.6 Å². The van der Waals surface area contributed by atoms with Gasteiger partial charge in [0.15, 0.2) is 0 Å². The Balaban J connectivity index is 3.57. The molecule has 0 spiro atoms. The van der Waals surface area contributed by atoms with E-state index in [9.17, 15) is 4.79 Å². The minimum Gasteiger partial charge on any atom is -0.364 e. The van der Waals surface area contributed by atoms with Gasteiger partial charge in [0.1, 0.15) is 6.61 Å². The smallest absolute Gasteiger partial charge is 0.246 e. The molecule has 0 radical (unpaired) electrons. The van der Waals surface area contributed by atoms with Gasteiger partial charge in [0.05, 0.1) is 6.10 Å². The summed E-state index contributed by atoms with van der Waals surface area (Å²) in [6.45, 7) is 6.98. The van der Waals surface area contributed by atoms with E-state index in [2.05, 4.69) is 18.8 Å². The van der Waals surface area contributed by atoms with Gasteiger partial charge in [-0.3, -0.25) is 4.79 Å². The largest absolute Gasteiger partial charge is 0.364 e. The van der Waals surface area contributed by atoms with Crippen molar-refractivity contribution in [3.05, 3.63) is 12.7 Å². The summed E-state index contributed by atoms with van der Waals surface area (Å²) in [6, 6.07) is 0. The number of hydrogen-bond donors (Lipinski definition) is 2. The lowest BCUT2D eigenvalue weighted by molar-refractivity contribution is -0.126. The predicted molar refractivity (Wildman–Crippen MR) is 75.4 cm³/mol. The van der Waals surface area contributed by atoms with Gasteiger partial charge < -0.3 is 15.8 Å². The summed E-state index contributed by atoms with van der Waals surface area (Å²) < 4.78 is 5.49. The van der Waals surface area contributed by atoms with Crippen molar-refractivity contribution in [1.82, 2.24) is 5.32 Å². The maximum Gasteiger partial charge on any atom is 0.246 e. The number of carbonyl (C=O) groups excluding carboxylic acids is 1. The van der Waals surface area contributed by atoms with Crippen LogP contribution in [0.4, 0.5) is 0 Å². The highest BCUT2D eigenvalue weighted by Gasteiger charge is 2.07. The number of nitrogens with one attached hydrogen (secondary N) is 1. The molecule has 18 heavy (non-hydrogen) atoms. The molecule has 0 saturated carbocycles. The summed E-state index contributed by atoms with van der Waals surface area (Å²) in [5, 5.41) is 2.67. The molecule has 0 aromatic rings. The van der Waals surface area contributed by atoms with Crippen LogP contribution in [0.2, 0.25) is 0 Å². The zero-order valence-electron chi connectivity index (χ0n) is 11.6. The maximum absolute atomic E-state index is 11.3. The molecular weight excluding hydrogens is 228 g/mol. The van der Waals surface area contributed by atoms with Gasteiger partial charge in [-0.1, -0.05) is 45.1 Å². The Hall–Kier alpha value is -0.870. The van der Waals surface area contributed by atoms with E-state index >= 15 is 0 Å². The highest BCUT2D eigenvalue weighted by atomic mass is 16.5. The molecule has 0 aromatic carbocycles.